The van der Waals surface area contributed by atoms with E-state index in [1.165, 1.54) is 24.3 Å². The minimum absolute atomic E-state index is 0.0305. The van der Waals surface area contributed by atoms with Crippen molar-refractivity contribution in [2.75, 3.05) is 6.54 Å². The Hall–Kier alpha value is -4.52. The number of carboxylic acids is 1. The molecule has 2 rings (SSSR count). The molecular weight excluding hydrogens is 482 g/mol. The highest BCUT2D eigenvalue weighted by Crippen LogP contribution is 2.14. The number of hydrogen-bond acceptors (Lipinski definition) is 7. The quantitative estimate of drug-likeness (QED) is 0.0593. The van der Waals surface area contributed by atoms with Crippen LogP contribution in [0.3, 0.4) is 0 Å². The molecular formula is C24H31N7O6. The number of guanidine groups is 1. The highest BCUT2D eigenvalue weighted by Gasteiger charge is 2.28. The molecule has 13 nitrogen and oxygen atoms in total. The Labute approximate surface area is 213 Å². The molecule has 0 saturated heterocycles. The van der Waals surface area contributed by atoms with E-state index in [0.717, 1.165) is 0 Å². The predicted molar refractivity (Wildman–Crippen MR) is 136 cm³/mol. The van der Waals surface area contributed by atoms with Gasteiger partial charge >= 0.3 is 5.97 Å². The fourth-order valence-corrected chi connectivity index (χ4v) is 3.48. The topological polar surface area (TPSA) is 227 Å². The van der Waals surface area contributed by atoms with E-state index < -0.39 is 40.8 Å². The second-order valence-electron chi connectivity index (χ2n) is 8.37. The lowest BCUT2D eigenvalue weighted by Crippen LogP contribution is -2.55. The fraction of sp³-hybridized carbons (Fsp3) is 0.333. The van der Waals surface area contributed by atoms with Crippen molar-refractivity contribution in [2.45, 2.75) is 43.8 Å². The standard InChI is InChI=1S/C24H31N7O6/c25-18(7-4-12-28-24(26)27)21(32)29-19(13-16-8-10-17(11-9-16)31(36)37)22(33)30-20(23(34)35)14-15-5-2-1-3-6-15/h1-3,5-6,8-11,18-20H,4,7,12-14,25H2,(H,29,32)(H,30,33)(H,34,35)(H4,26,27,28)/t18-,19-,20-/m0/s1. The van der Waals surface area contributed by atoms with Gasteiger partial charge in [-0.3, -0.25) is 25.1 Å². The van der Waals surface area contributed by atoms with Gasteiger partial charge < -0.3 is 32.5 Å². The molecule has 0 aliphatic rings. The van der Waals surface area contributed by atoms with Crippen LogP contribution in [0, 0.1) is 15.5 Å². The Morgan fingerprint density at radius 1 is 0.946 bits per heavy atom. The van der Waals surface area contributed by atoms with Crippen molar-refractivity contribution in [2.24, 2.45) is 11.5 Å². The van der Waals surface area contributed by atoms with Crippen LogP contribution in [-0.4, -0.2) is 58.4 Å². The van der Waals surface area contributed by atoms with Crippen molar-refractivity contribution in [3.05, 3.63) is 75.8 Å². The molecule has 198 valence electrons. The molecule has 13 heteroatoms. The monoisotopic (exact) mass is 513 g/mol. The lowest BCUT2D eigenvalue weighted by Gasteiger charge is -2.23. The van der Waals surface area contributed by atoms with Gasteiger partial charge in [-0.1, -0.05) is 42.5 Å². The van der Waals surface area contributed by atoms with Crippen molar-refractivity contribution in [3.8, 4) is 0 Å². The van der Waals surface area contributed by atoms with Gasteiger partial charge in [-0.15, -0.1) is 0 Å². The van der Waals surface area contributed by atoms with Crippen LogP contribution < -0.4 is 27.4 Å². The van der Waals surface area contributed by atoms with Gasteiger partial charge in [0.05, 0.1) is 11.0 Å². The van der Waals surface area contributed by atoms with Crippen molar-refractivity contribution in [1.82, 2.24) is 16.0 Å². The fourth-order valence-electron chi connectivity index (χ4n) is 3.48. The molecule has 0 bridgehead atoms. The van der Waals surface area contributed by atoms with E-state index in [1.54, 1.807) is 30.3 Å². The van der Waals surface area contributed by atoms with Crippen molar-refractivity contribution in [3.63, 3.8) is 0 Å². The average molecular weight is 514 g/mol. The Bertz CT molecular complexity index is 1090. The van der Waals surface area contributed by atoms with Gasteiger partial charge in [-0.25, -0.2) is 4.79 Å². The lowest BCUT2D eigenvalue weighted by atomic mass is 10.0. The molecule has 0 aliphatic heterocycles. The van der Waals surface area contributed by atoms with Crippen LogP contribution in [0.5, 0.6) is 0 Å². The zero-order valence-corrected chi connectivity index (χ0v) is 20.1. The number of carbonyl (C=O) groups excluding carboxylic acids is 2. The van der Waals surface area contributed by atoms with E-state index in [0.29, 0.717) is 24.1 Å². The second kappa shape index (κ2) is 14.1. The number of nitro benzene ring substituents is 1. The summed E-state index contributed by atoms with van der Waals surface area (Å²) in [6.45, 7) is 0.336. The van der Waals surface area contributed by atoms with Gasteiger partial charge in [-0.05, 0) is 24.0 Å². The molecule has 2 aromatic rings. The minimum atomic E-state index is -1.25. The second-order valence-corrected chi connectivity index (χ2v) is 8.37. The molecule has 2 amide bonds. The molecule has 0 unspecified atom stereocenters. The normalized spacial score (nSPS) is 13.0. The zero-order chi connectivity index (χ0) is 27.4. The molecule has 0 saturated carbocycles. The Morgan fingerprint density at radius 3 is 2.08 bits per heavy atom. The maximum atomic E-state index is 13.1. The summed E-state index contributed by atoms with van der Waals surface area (Å²) < 4.78 is 0. The summed E-state index contributed by atoms with van der Waals surface area (Å²) in [5.74, 6) is -2.81. The molecule has 0 spiro atoms. The summed E-state index contributed by atoms with van der Waals surface area (Å²) in [4.78, 5) is 48.1. The molecule has 0 heterocycles. The van der Waals surface area contributed by atoms with Crippen LogP contribution in [0.15, 0.2) is 54.6 Å². The summed E-state index contributed by atoms with van der Waals surface area (Å²) in [7, 11) is 0. The summed E-state index contributed by atoms with van der Waals surface area (Å²) in [5.41, 5.74) is 12.3. The van der Waals surface area contributed by atoms with Crippen LogP contribution in [0.2, 0.25) is 0 Å². The first-order valence-corrected chi connectivity index (χ1v) is 11.5. The first kappa shape index (κ1) is 28.7. The van der Waals surface area contributed by atoms with Crippen LogP contribution in [-0.2, 0) is 27.2 Å². The number of hydrogen-bond donors (Lipinski definition) is 7. The predicted octanol–water partition coefficient (Wildman–Crippen LogP) is 0.0248. The van der Waals surface area contributed by atoms with E-state index in [9.17, 15) is 29.6 Å². The van der Waals surface area contributed by atoms with E-state index >= 15 is 0 Å². The van der Waals surface area contributed by atoms with Crippen molar-refractivity contribution >= 4 is 29.4 Å². The number of benzene rings is 2. The summed E-state index contributed by atoms with van der Waals surface area (Å²) in [6, 6.07) is 10.8. The largest absolute Gasteiger partial charge is 0.480 e. The molecule has 0 aliphatic carbocycles. The number of carbonyl (C=O) groups is 3. The number of carboxylic acid groups (broad SMARTS) is 1. The van der Waals surface area contributed by atoms with Gasteiger partial charge in [0, 0.05) is 31.5 Å². The number of rotatable bonds is 14. The summed E-state index contributed by atoms with van der Waals surface area (Å²) in [6.07, 6.45) is 0.657. The van der Waals surface area contributed by atoms with Gasteiger partial charge in [0.25, 0.3) is 5.69 Å². The van der Waals surface area contributed by atoms with Crippen LogP contribution in [0.25, 0.3) is 0 Å². The van der Waals surface area contributed by atoms with Crippen LogP contribution in [0.1, 0.15) is 24.0 Å². The van der Waals surface area contributed by atoms with Crippen molar-refractivity contribution in [1.29, 1.82) is 5.41 Å². The Balaban J connectivity index is 2.15. The first-order chi connectivity index (χ1) is 17.6. The molecule has 37 heavy (non-hydrogen) atoms. The number of nitro groups is 1. The maximum absolute atomic E-state index is 13.1. The smallest absolute Gasteiger partial charge is 0.326 e. The van der Waals surface area contributed by atoms with Gasteiger partial charge in [0.1, 0.15) is 12.1 Å². The number of non-ortho nitro benzene ring substituents is 1. The van der Waals surface area contributed by atoms with Crippen LogP contribution in [0.4, 0.5) is 5.69 Å². The number of nitrogens with zero attached hydrogens (tertiary/aromatic N) is 1. The number of amides is 2. The third kappa shape index (κ3) is 9.93. The molecule has 0 aromatic heterocycles. The number of nitrogens with two attached hydrogens (primary N) is 2. The van der Waals surface area contributed by atoms with Crippen molar-refractivity contribution < 1.29 is 24.4 Å². The van der Waals surface area contributed by atoms with Gasteiger partial charge in [0.15, 0.2) is 5.96 Å². The Morgan fingerprint density at radius 2 is 1.51 bits per heavy atom. The molecule has 0 fully saturated rings. The number of nitrogens with one attached hydrogen (secondary N) is 4. The third-order valence-electron chi connectivity index (χ3n) is 5.46. The third-order valence-corrected chi connectivity index (χ3v) is 5.46. The van der Waals surface area contributed by atoms with E-state index in [2.05, 4.69) is 16.0 Å². The van der Waals surface area contributed by atoms with E-state index in [1.807, 2.05) is 0 Å². The summed E-state index contributed by atoms with van der Waals surface area (Å²) >= 11 is 0. The molecule has 2 aromatic carbocycles. The van der Waals surface area contributed by atoms with Gasteiger partial charge in [0.2, 0.25) is 11.8 Å². The Kier molecular flexibility index (Phi) is 11.0. The summed E-state index contributed by atoms with van der Waals surface area (Å²) in [5, 5.41) is 35.4. The highest BCUT2D eigenvalue weighted by atomic mass is 16.6. The molecule has 0 radical (unpaired) electrons. The van der Waals surface area contributed by atoms with Gasteiger partial charge in [-0.2, -0.15) is 0 Å². The van der Waals surface area contributed by atoms with Crippen LogP contribution >= 0.6 is 0 Å². The SMILES string of the molecule is N=C(N)NCCC[C@H](N)C(=O)N[C@@H](Cc1ccc([N+](=O)[O-])cc1)C(=O)N[C@@H](Cc1ccccc1)C(=O)O. The number of aliphatic carboxylic acids is 1. The minimum Gasteiger partial charge on any atom is -0.480 e. The molecule has 9 N–H and O–H groups in total. The molecule has 3 atom stereocenters. The van der Waals surface area contributed by atoms with E-state index in [4.69, 9.17) is 16.9 Å². The zero-order valence-electron chi connectivity index (χ0n) is 20.1. The maximum Gasteiger partial charge on any atom is 0.326 e. The first-order valence-electron chi connectivity index (χ1n) is 11.5. The lowest BCUT2D eigenvalue weighted by molar-refractivity contribution is -0.384. The van der Waals surface area contributed by atoms with E-state index in [-0.39, 0.29) is 30.9 Å². The highest BCUT2D eigenvalue weighted by molar-refractivity contribution is 5.92. The average Bonchev–Trinajstić information content (AvgIpc) is 2.86.